The molecule has 6 nitrogen and oxygen atoms in total. The van der Waals surface area contributed by atoms with Crippen LogP contribution in [0, 0.1) is 0 Å². The normalized spacial score (nSPS) is 10.3. The topological polar surface area (TPSA) is 71.8 Å². The summed E-state index contributed by atoms with van der Waals surface area (Å²) in [4.78, 5) is 19.8. The first kappa shape index (κ1) is 15.0. The van der Waals surface area contributed by atoms with Crippen LogP contribution in [0.3, 0.4) is 0 Å². The Morgan fingerprint density at radius 1 is 1.24 bits per heavy atom. The second-order valence-corrected chi connectivity index (χ2v) is 4.73. The van der Waals surface area contributed by atoms with E-state index in [0.717, 1.165) is 24.5 Å². The molecule has 112 valence electrons. The monoisotopic (exact) mass is 287 g/mol. The zero-order valence-corrected chi connectivity index (χ0v) is 12.2. The first-order valence-electron chi connectivity index (χ1n) is 7.25. The highest BCUT2D eigenvalue weighted by Gasteiger charge is 2.01. The molecule has 0 saturated heterocycles. The van der Waals surface area contributed by atoms with Crippen LogP contribution in [-0.2, 0) is 4.79 Å². The number of rotatable bonds is 8. The summed E-state index contributed by atoms with van der Waals surface area (Å²) in [5.41, 5.74) is 0. The van der Waals surface area contributed by atoms with Crippen molar-refractivity contribution in [1.82, 2.24) is 19.9 Å². The fourth-order valence-corrected chi connectivity index (χ4v) is 1.89. The maximum absolute atomic E-state index is 11.5. The van der Waals surface area contributed by atoms with E-state index in [1.165, 1.54) is 6.33 Å². The molecule has 0 unspecified atom stereocenters. The van der Waals surface area contributed by atoms with Crippen molar-refractivity contribution in [2.24, 2.45) is 0 Å². The highest BCUT2D eigenvalue weighted by Crippen LogP contribution is 2.08. The third-order valence-electron chi connectivity index (χ3n) is 3.03. The zero-order chi connectivity index (χ0) is 14.9. The highest BCUT2D eigenvalue weighted by molar-refractivity contribution is 5.75. The standard InChI is InChI=1S/C15H21N5O/c1-2-3-6-15(21)17-8-7-16-13-11-14(19-12-18-13)20-9-4-5-10-20/h4-5,9-12H,2-3,6-8H2,1H3,(H,17,21)(H,16,18,19). The van der Waals surface area contributed by atoms with Gasteiger partial charge in [0.05, 0.1) is 0 Å². The second kappa shape index (κ2) is 8.04. The van der Waals surface area contributed by atoms with Gasteiger partial charge in [0.1, 0.15) is 18.0 Å². The van der Waals surface area contributed by atoms with Crippen molar-refractivity contribution >= 4 is 11.7 Å². The summed E-state index contributed by atoms with van der Waals surface area (Å²) >= 11 is 0. The quantitative estimate of drug-likeness (QED) is 0.728. The number of carbonyl (C=O) groups is 1. The smallest absolute Gasteiger partial charge is 0.220 e. The number of amides is 1. The van der Waals surface area contributed by atoms with E-state index in [2.05, 4.69) is 27.5 Å². The van der Waals surface area contributed by atoms with Crippen LogP contribution >= 0.6 is 0 Å². The van der Waals surface area contributed by atoms with Crippen LogP contribution in [0.5, 0.6) is 0 Å². The first-order valence-corrected chi connectivity index (χ1v) is 7.25. The minimum atomic E-state index is 0.106. The summed E-state index contributed by atoms with van der Waals surface area (Å²) in [6.45, 7) is 3.30. The Labute approximate surface area is 124 Å². The van der Waals surface area contributed by atoms with Crippen LogP contribution in [0.25, 0.3) is 5.82 Å². The largest absolute Gasteiger partial charge is 0.368 e. The summed E-state index contributed by atoms with van der Waals surface area (Å²) in [5.74, 6) is 1.66. The number of anilines is 1. The van der Waals surface area contributed by atoms with Gasteiger partial charge in [-0.05, 0) is 18.6 Å². The van der Waals surface area contributed by atoms with E-state index in [4.69, 9.17) is 0 Å². The van der Waals surface area contributed by atoms with Gasteiger partial charge in [-0.3, -0.25) is 4.79 Å². The first-order chi connectivity index (χ1) is 10.3. The predicted octanol–water partition coefficient (Wildman–Crippen LogP) is 1.99. The van der Waals surface area contributed by atoms with E-state index < -0.39 is 0 Å². The summed E-state index contributed by atoms with van der Waals surface area (Å²) < 4.78 is 1.92. The fourth-order valence-electron chi connectivity index (χ4n) is 1.89. The van der Waals surface area contributed by atoms with Crippen molar-refractivity contribution in [3.8, 4) is 5.82 Å². The van der Waals surface area contributed by atoms with Gasteiger partial charge >= 0.3 is 0 Å². The molecule has 0 bridgehead atoms. The molecule has 6 heteroatoms. The molecule has 2 heterocycles. The van der Waals surface area contributed by atoms with E-state index >= 15 is 0 Å². The van der Waals surface area contributed by atoms with Gasteiger partial charge in [-0.2, -0.15) is 0 Å². The molecule has 0 spiro atoms. The van der Waals surface area contributed by atoms with Gasteiger partial charge in [0, 0.05) is 38.0 Å². The lowest BCUT2D eigenvalue weighted by atomic mass is 10.2. The second-order valence-electron chi connectivity index (χ2n) is 4.73. The van der Waals surface area contributed by atoms with Crippen molar-refractivity contribution in [3.05, 3.63) is 36.9 Å². The van der Waals surface area contributed by atoms with E-state index in [1.54, 1.807) is 0 Å². The fraction of sp³-hybridized carbons (Fsp3) is 0.400. The number of aromatic nitrogens is 3. The molecule has 0 aromatic carbocycles. The van der Waals surface area contributed by atoms with Crippen LogP contribution in [-0.4, -0.2) is 33.5 Å². The highest BCUT2D eigenvalue weighted by atomic mass is 16.1. The Balaban J connectivity index is 1.76. The molecule has 2 aromatic rings. The third kappa shape index (κ3) is 4.91. The average Bonchev–Trinajstić information content (AvgIpc) is 3.04. The molecule has 2 N–H and O–H groups in total. The van der Waals surface area contributed by atoms with Gasteiger partial charge < -0.3 is 15.2 Å². The van der Waals surface area contributed by atoms with E-state index in [-0.39, 0.29) is 5.91 Å². The lowest BCUT2D eigenvalue weighted by Gasteiger charge is -2.08. The molecule has 0 aliphatic rings. The predicted molar refractivity (Wildman–Crippen MR) is 82.4 cm³/mol. The number of hydrogen-bond acceptors (Lipinski definition) is 4. The minimum absolute atomic E-state index is 0.106. The molecule has 2 rings (SSSR count). The molecular weight excluding hydrogens is 266 g/mol. The van der Waals surface area contributed by atoms with Crippen LogP contribution in [0.1, 0.15) is 26.2 Å². The lowest BCUT2D eigenvalue weighted by molar-refractivity contribution is -0.121. The van der Waals surface area contributed by atoms with E-state index in [9.17, 15) is 4.79 Å². The Morgan fingerprint density at radius 2 is 2.05 bits per heavy atom. The Bertz CT molecular complexity index is 553. The van der Waals surface area contributed by atoms with Crippen LogP contribution in [0.4, 0.5) is 5.82 Å². The molecular formula is C15H21N5O. The van der Waals surface area contributed by atoms with Gasteiger partial charge in [-0.1, -0.05) is 13.3 Å². The molecule has 0 aliphatic heterocycles. The van der Waals surface area contributed by atoms with Crippen molar-refractivity contribution < 1.29 is 4.79 Å². The Hall–Kier alpha value is -2.37. The average molecular weight is 287 g/mol. The molecule has 0 atom stereocenters. The Morgan fingerprint density at radius 3 is 2.81 bits per heavy atom. The zero-order valence-electron chi connectivity index (χ0n) is 12.2. The van der Waals surface area contributed by atoms with Crippen molar-refractivity contribution in [3.63, 3.8) is 0 Å². The number of carbonyl (C=O) groups excluding carboxylic acids is 1. The minimum Gasteiger partial charge on any atom is -0.368 e. The SMILES string of the molecule is CCCCC(=O)NCCNc1cc(-n2cccc2)ncn1. The molecule has 2 aromatic heterocycles. The Kier molecular flexibility index (Phi) is 5.75. The number of hydrogen-bond donors (Lipinski definition) is 2. The van der Waals surface area contributed by atoms with Crippen molar-refractivity contribution in [2.75, 3.05) is 18.4 Å². The van der Waals surface area contributed by atoms with Gasteiger partial charge in [0.15, 0.2) is 0 Å². The van der Waals surface area contributed by atoms with E-state index in [1.807, 2.05) is 35.2 Å². The van der Waals surface area contributed by atoms with Crippen molar-refractivity contribution in [2.45, 2.75) is 26.2 Å². The molecule has 0 aliphatic carbocycles. The van der Waals surface area contributed by atoms with Crippen LogP contribution in [0.15, 0.2) is 36.9 Å². The summed E-state index contributed by atoms with van der Waals surface area (Å²) in [5, 5.41) is 6.06. The molecule has 0 fully saturated rings. The van der Waals surface area contributed by atoms with E-state index in [0.29, 0.717) is 19.5 Å². The van der Waals surface area contributed by atoms with Crippen molar-refractivity contribution in [1.29, 1.82) is 0 Å². The molecule has 0 radical (unpaired) electrons. The van der Waals surface area contributed by atoms with Gasteiger partial charge in [0.25, 0.3) is 0 Å². The molecule has 0 saturated carbocycles. The summed E-state index contributed by atoms with van der Waals surface area (Å²) in [7, 11) is 0. The van der Waals surface area contributed by atoms with Crippen LogP contribution in [0.2, 0.25) is 0 Å². The number of nitrogens with zero attached hydrogens (tertiary/aromatic N) is 3. The summed E-state index contributed by atoms with van der Waals surface area (Å²) in [6, 6.07) is 5.76. The number of unbranched alkanes of at least 4 members (excludes halogenated alkanes) is 1. The maximum Gasteiger partial charge on any atom is 0.220 e. The molecule has 21 heavy (non-hydrogen) atoms. The van der Waals surface area contributed by atoms with Crippen LogP contribution < -0.4 is 10.6 Å². The van der Waals surface area contributed by atoms with Gasteiger partial charge in [0.2, 0.25) is 5.91 Å². The van der Waals surface area contributed by atoms with Gasteiger partial charge in [-0.25, -0.2) is 9.97 Å². The number of nitrogens with one attached hydrogen (secondary N) is 2. The lowest BCUT2D eigenvalue weighted by Crippen LogP contribution is -2.28. The third-order valence-corrected chi connectivity index (χ3v) is 3.03. The summed E-state index contributed by atoms with van der Waals surface area (Å²) in [6.07, 6.45) is 7.96. The van der Waals surface area contributed by atoms with Gasteiger partial charge in [-0.15, -0.1) is 0 Å². The maximum atomic E-state index is 11.5. The molecule has 1 amide bonds.